The summed E-state index contributed by atoms with van der Waals surface area (Å²) < 4.78 is 21.0. The van der Waals surface area contributed by atoms with Gasteiger partial charge in [0.15, 0.2) is 17.4 Å². The molecule has 0 N–H and O–H groups in total. The first-order valence-corrected chi connectivity index (χ1v) is 9.30. The van der Waals surface area contributed by atoms with Crippen molar-refractivity contribution in [1.29, 1.82) is 0 Å². The van der Waals surface area contributed by atoms with Crippen molar-refractivity contribution in [2.45, 2.75) is 32.6 Å². The molecule has 0 aliphatic heterocycles. The molecule has 0 aromatic heterocycles. The van der Waals surface area contributed by atoms with Crippen molar-refractivity contribution in [3.05, 3.63) is 23.3 Å². The average molecular weight is 417 g/mol. The summed E-state index contributed by atoms with van der Waals surface area (Å²) in [4.78, 5) is 24.9. The lowest BCUT2D eigenvalue weighted by molar-refractivity contribution is -0.156. The lowest BCUT2D eigenvalue weighted by Crippen LogP contribution is -2.27. The quantitative estimate of drug-likeness (QED) is 0.331. The van der Waals surface area contributed by atoms with Crippen molar-refractivity contribution in [1.82, 2.24) is 0 Å². The third kappa shape index (κ3) is 5.36. The van der Waals surface area contributed by atoms with Gasteiger partial charge in [0.2, 0.25) is 0 Å². The number of benzene rings is 1. The molecule has 1 aromatic rings. The molecule has 0 aliphatic rings. The van der Waals surface area contributed by atoms with Gasteiger partial charge < -0.3 is 18.9 Å². The highest BCUT2D eigenvalue weighted by Crippen LogP contribution is 2.38. The first kappa shape index (κ1) is 21.3. The number of alkyl halides is 1. The minimum absolute atomic E-state index is 0.179. The molecule has 0 spiro atoms. The number of carbonyl (C=O) groups excluding carboxylic acids is 2. The molecule has 0 amide bonds. The van der Waals surface area contributed by atoms with Gasteiger partial charge in [0, 0.05) is 10.9 Å². The maximum absolute atomic E-state index is 12.4. The van der Waals surface area contributed by atoms with Gasteiger partial charge in [0.1, 0.15) is 0 Å². The Morgan fingerprint density at radius 1 is 1.04 bits per heavy atom. The van der Waals surface area contributed by atoms with Gasteiger partial charge in [0.05, 0.1) is 27.4 Å². The number of carbonyl (C=O) groups is 2. The van der Waals surface area contributed by atoms with Crippen LogP contribution in [0.2, 0.25) is 0 Å². The fraction of sp³-hybridized carbons (Fsp3) is 0.556. The number of halogens is 1. The molecule has 0 bridgehead atoms. The lowest BCUT2D eigenvalue weighted by Gasteiger charge is -2.21. The molecule has 0 radical (unpaired) electrons. The fourth-order valence-electron chi connectivity index (χ4n) is 2.58. The zero-order valence-electron chi connectivity index (χ0n) is 15.1. The van der Waals surface area contributed by atoms with E-state index in [1.54, 1.807) is 33.1 Å². The molecule has 25 heavy (non-hydrogen) atoms. The molecule has 140 valence electrons. The standard InChI is InChI=1S/C18H25BrO6/c1-5-24-17(20)15(18(21)25-6-2)12-9-10-14(22-3)16(23-4)13(12)8-7-11-19/h9-10,15H,5-8,11H2,1-4H3. The molecular formula is C18H25BrO6. The van der Waals surface area contributed by atoms with Crippen molar-refractivity contribution in [2.24, 2.45) is 0 Å². The zero-order valence-corrected chi connectivity index (χ0v) is 16.7. The molecule has 7 heteroatoms. The van der Waals surface area contributed by atoms with E-state index in [9.17, 15) is 9.59 Å². The van der Waals surface area contributed by atoms with Gasteiger partial charge in [0.25, 0.3) is 0 Å². The van der Waals surface area contributed by atoms with E-state index in [0.717, 1.165) is 17.3 Å². The molecule has 0 fully saturated rings. The van der Waals surface area contributed by atoms with E-state index >= 15 is 0 Å². The van der Waals surface area contributed by atoms with Crippen LogP contribution in [0.5, 0.6) is 11.5 Å². The van der Waals surface area contributed by atoms with Crippen LogP contribution in [0.3, 0.4) is 0 Å². The summed E-state index contributed by atoms with van der Waals surface area (Å²) in [6, 6.07) is 3.38. The number of ether oxygens (including phenoxy) is 4. The van der Waals surface area contributed by atoms with E-state index in [1.807, 2.05) is 0 Å². The molecule has 6 nitrogen and oxygen atoms in total. The van der Waals surface area contributed by atoms with E-state index < -0.39 is 17.9 Å². The second-order valence-corrected chi connectivity index (χ2v) is 5.89. The first-order chi connectivity index (χ1) is 12.0. The van der Waals surface area contributed by atoms with Crippen LogP contribution in [0.15, 0.2) is 12.1 Å². The third-order valence-electron chi connectivity index (χ3n) is 3.60. The molecule has 0 saturated carbocycles. The Morgan fingerprint density at radius 2 is 1.64 bits per heavy atom. The fourth-order valence-corrected chi connectivity index (χ4v) is 2.86. The largest absolute Gasteiger partial charge is 0.493 e. The Kier molecular flexibility index (Phi) is 9.34. The van der Waals surface area contributed by atoms with Crippen LogP contribution in [-0.4, -0.2) is 44.7 Å². The van der Waals surface area contributed by atoms with Crippen molar-refractivity contribution < 1.29 is 28.5 Å². The van der Waals surface area contributed by atoms with Gasteiger partial charge in [-0.2, -0.15) is 0 Å². The average Bonchev–Trinajstić information content (AvgIpc) is 2.60. The van der Waals surface area contributed by atoms with Crippen LogP contribution in [0, 0.1) is 0 Å². The van der Waals surface area contributed by atoms with E-state index in [0.29, 0.717) is 23.5 Å². The van der Waals surface area contributed by atoms with Crippen LogP contribution < -0.4 is 9.47 Å². The Balaban J connectivity index is 3.49. The third-order valence-corrected chi connectivity index (χ3v) is 4.16. The van der Waals surface area contributed by atoms with Crippen molar-refractivity contribution in [2.75, 3.05) is 32.8 Å². The topological polar surface area (TPSA) is 71.1 Å². The van der Waals surface area contributed by atoms with Gasteiger partial charge in [-0.1, -0.05) is 22.0 Å². The Hall–Kier alpha value is -1.76. The van der Waals surface area contributed by atoms with Crippen LogP contribution in [0.4, 0.5) is 0 Å². The van der Waals surface area contributed by atoms with E-state index in [1.165, 1.54) is 7.11 Å². The van der Waals surface area contributed by atoms with Crippen molar-refractivity contribution in [3.63, 3.8) is 0 Å². The number of esters is 2. The lowest BCUT2D eigenvalue weighted by atomic mass is 9.90. The summed E-state index contributed by atoms with van der Waals surface area (Å²) in [7, 11) is 3.07. The second-order valence-electron chi connectivity index (χ2n) is 5.10. The van der Waals surface area contributed by atoms with Crippen LogP contribution in [0.25, 0.3) is 0 Å². The van der Waals surface area contributed by atoms with Gasteiger partial charge in [-0.15, -0.1) is 0 Å². The van der Waals surface area contributed by atoms with Gasteiger partial charge >= 0.3 is 11.9 Å². The number of rotatable bonds is 10. The molecule has 0 saturated heterocycles. The summed E-state index contributed by atoms with van der Waals surface area (Å²) in [6.45, 7) is 3.75. The van der Waals surface area contributed by atoms with E-state index in [4.69, 9.17) is 18.9 Å². The molecule has 1 aromatic carbocycles. The number of methoxy groups -OCH3 is 2. The Labute approximate surface area is 156 Å². The first-order valence-electron chi connectivity index (χ1n) is 8.18. The second kappa shape index (κ2) is 11.0. The normalized spacial score (nSPS) is 10.5. The monoisotopic (exact) mass is 416 g/mol. The smallest absolute Gasteiger partial charge is 0.324 e. The maximum atomic E-state index is 12.4. The minimum Gasteiger partial charge on any atom is -0.493 e. The summed E-state index contributed by atoms with van der Waals surface area (Å²) in [5, 5.41) is 0.774. The predicted octanol–water partition coefficient (Wildman–Crippen LogP) is 3.24. The molecule has 0 atom stereocenters. The van der Waals surface area contributed by atoms with Gasteiger partial charge in [-0.05, 0) is 38.3 Å². The highest BCUT2D eigenvalue weighted by atomic mass is 79.9. The summed E-state index contributed by atoms with van der Waals surface area (Å²) in [5.74, 6) is -1.35. The minimum atomic E-state index is -1.15. The number of hydrogen-bond acceptors (Lipinski definition) is 6. The van der Waals surface area contributed by atoms with Crippen LogP contribution in [0.1, 0.15) is 37.3 Å². The molecule has 0 unspecified atom stereocenters. The summed E-state index contributed by atoms with van der Waals surface area (Å²) >= 11 is 3.40. The molecule has 0 heterocycles. The van der Waals surface area contributed by atoms with Gasteiger partial charge in [-0.25, -0.2) is 0 Å². The van der Waals surface area contributed by atoms with E-state index in [-0.39, 0.29) is 13.2 Å². The summed E-state index contributed by atoms with van der Waals surface area (Å²) in [6.07, 6.45) is 1.41. The predicted molar refractivity (Wildman–Crippen MR) is 97.7 cm³/mol. The SMILES string of the molecule is CCOC(=O)C(C(=O)OCC)c1ccc(OC)c(OC)c1CCCBr. The molecule has 0 aliphatic carbocycles. The highest BCUT2D eigenvalue weighted by Gasteiger charge is 2.34. The van der Waals surface area contributed by atoms with E-state index in [2.05, 4.69) is 15.9 Å². The molecular weight excluding hydrogens is 392 g/mol. The maximum Gasteiger partial charge on any atom is 0.324 e. The van der Waals surface area contributed by atoms with Crippen LogP contribution in [-0.2, 0) is 25.5 Å². The highest BCUT2D eigenvalue weighted by molar-refractivity contribution is 9.09. The summed E-state index contributed by atoms with van der Waals surface area (Å²) in [5.41, 5.74) is 1.27. The van der Waals surface area contributed by atoms with Gasteiger partial charge in [-0.3, -0.25) is 9.59 Å². The molecule has 1 rings (SSSR count). The Morgan fingerprint density at radius 3 is 2.08 bits per heavy atom. The number of hydrogen-bond donors (Lipinski definition) is 0. The Bertz CT molecular complexity index is 569. The van der Waals surface area contributed by atoms with Crippen molar-refractivity contribution in [3.8, 4) is 11.5 Å². The zero-order chi connectivity index (χ0) is 18.8. The van der Waals surface area contributed by atoms with Crippen molar-refractivity contribution >= 4 is 27.9 Å². The van der Waals surface area contributed by atoms with Crippen LogP contribution >= 0.6 is 15.9 Å².